The van der Waals surface area contributed by atoms with Gasteiger partial charge in [0.2, 0.25) is 11.1 Å². The maximum Gasteiger partial charge on any atom is 0.338 e. The Morgan fingerprint density at radius 3 is 2.74 bits per heavy atom. The molecule has 0 radical (unpaired) electrons. The van der Waals surface area contributed by atoms with Crippen LogP contribution in [0.5, 0.6) is 11.5 Å². The van der Waals surface area contributed by atoms with Crippen LogP contribution >= 0.6 is 23.4 Å². The molecular weight excluding hydrogens is 476 g/mol. The number of benzene rings is 2. The van der Waals surface area contributed by atoms with Gasteiger partial charge in [0, 0.05) is 10.7 Å². The molecule has 178 valence electrons. The molecule has 0 saturated carbocycles. The van der Waals surface area contributed by atoms with E-state index in [1.165, 1.54) is 18.9 Å². The maximum atomic E-state index is 12.8. The molecule has 0 bridgehead atoms. The lowest BCUT2D eigenvalue weighted by Crippen LogP contribution is -2.29. The molecule has 2 heterocycles. The van der Waals surface area contributed by atoms with E-state index in [-0.39, 0.29) is 0 Å². The highest BCUT2D eigenvalue weighted by molar-refractivity contribution is 7.99. The third-order valence-corrected chi connectivity index (χ3v) is 6.25. The van der Waals surface area contributed by atoms with E-state index in [0.29, 0.717) is 45.5 Å². The normalized spacial score (nSPS) is 14.9. The molecule has 1 N–H and O–H groups in total. The summed E-state index contributed by atoms with van der Waals surface area (Å²) in [5.41, 5.74) is 2.83. The minimum atomic E-state index is -0.543. The Balaban J connectivity index is 1.71. The van der Waals surface area contributed by atoms with E-state index in [2.05, 4.69) is 15.4 Å². The Bertz CT molecular complexity index is 1240. The molecule has 1 unspecified atom stereocenters. The number of aromatic nitrogens is 3. The Kier molecular flexibility index (Phi) is 7.33. The van der Waals surface area contributed by atoms with E-state index in [4.69, 9.17) is 25.8 Å². The molecule has 0 amide bonds. The average molecular weight is 501 g/mol. The van der Waals surface area contributed by atoms with Gasteiger partial charge in [-0.3, -0.25) is 0 Å². The SMILES string of the molecule is CCSc1nc2n(n1)C(c1ccc(OCc3cccc(Cl)c3)c(OC)c1)C(C(=O)OC)=C(C)N2. The van der Waals surface area contributed by atoms with Gasteiger partial charge in [0.1, 0.15) is 12.6 Å². The molecule has 0 aliphatic carbocycles. The highest BCUT2D eigenvalue weighted by Crippen LogP contribution is 2.40. The topological polar surface area (TPSA) is 87.5 Å². The number of nitrogens with zero attached hydrogens (tertiary/aromatic N) is 3. The number of methoxy groups -OCH3 is 2. The molecule has 0 spiro atoms. The van der Waals surface area contributed by atoms with Crippen LogP contribution in [0.15, 0.2) is 58.9 Å². The van der Waals surface area contributed by atoms with Crippen molar-refractivity contribution in [3.8, 4) is 11.5 Å². The molecule has 0 fully saturated rings. The van der Waals surface area contributed by atoms with E-state index in [1.807, 2.05) is 56.3 Å². The summed E-state index contributed by atoms with van der Waals surface area (Å²) in [4.78, 5) is 17.3. The lowest BCUT2D eigenvalue weighted by molar-refractivity contribution is -0.136. The predicted octanol–water partition coefficient (Wildman–Crippen LogP) is 5.09. The number of carbonyl (C=O) groups excluding carboxylic acids is 1. The Morgan fingerprint density at radius 2 is 2.03 bits per heavy atom. The van der Waals surface area contributed by atoms with Crippen LogP contribution in [0.2, 0.25) is 5.02 Å². The highest BCUT2D eigenvalue weighted by Gasteiger charge is 2.35. The Hall–Kier alpha value is -3.17. The van der Waals surface area contributed by atoms with Crippen molar-refractivity contribution in [1.29, 1.82) is 0 Å². The van der Waals surface area contributed by atoms with Crippen LogP contribution in [-0.4, -0.2) is 40.7 Å². The first-order chi connectivity index (χ1) is 16.4. The first-order valence-electron chi connectivity index (χ1n) is 10.7. The minimum absolute atomic E-state index is 0.334. The van der Waals surface area contributed by atoms with Crippen molar-refractivity contribution in [3.05, 3.63) is 69.9 Å². The van der Waals surface area contributed by atoms with Crippen LogP contribution in [0.1, 0.15) is 31.0 Å². The van der Waals surface area contributed by atoms with Gasteiger partial charge >= 0.3 is 5.97 Å². The third-order valence-electron chi connectivity index (χ3n) is 5.30. The third kappa shape index (κ3) is 4.85. The number of esters is 1. The molecule has 10 heteroatoms. The van der Waals surface area contributed by atoms with Crippen LogP contribution in [0.4, 0.5) is 5.95 Å². The summed E-state index contributed by atoms with van der Waals surface area (Å²) in [5, 5.41) is 9.09. The monoisotopic (exact) mass is 500 g/mol. The van der Waals surface area contributed by atoms with Crippen LogP contribution in [0, 0.1) is 0 Å². The number of anilines is 1. The van der Waals surface area contributed by atoms with E-state index in [9.17, 15) is 4.79 Å². The fourth-order valence-electron chi connectivity index (χ4n) is 3.77. The highest BCUT2D eigenvalue weighted by atomic mass is 35.5. The number of rotatable bonds is 8. The quantitative estimate of drug-likeness (QED) is 0.338. The fraction of sp³-hybridized carbons (Fsp3) is 0.292. The molecule has 34 heavy (non-hydrogen) atoms. The summed E-state index contributed by atoms with van der Waals surface area (Å²) >= 11 is 7.60. The number of nitrogens with one attached hydrogen (secondary N) is 1. The first-order valence-corrected chi connectivity index (χ1v) is 12.0. The maximum absolute atomic E-state index is 12.8. The Labute approximate surface area is 207 Å². The summed E-state index contributed by atoms with van der Waals surface area (Å²) in [6, 6.07) is 12.5. The zero-order chi connectivity index (χ0) is 24.2. The lowest BCUT2D eigenvalue weighted by Gasteiger charge is -2.28. The van der Waals surface area contributed by atoms with Crippen molar-refractivity contribution in [3.63, 3.8) is 0 Å². The molecule has 2 aromatic carbocycles. The number of carbonyl (C=O) groups is 1. The van der Waals surface area contributed by atoms with Gasteiger partial charge in [0.25, 0.3) is 0 Å². The summed E-state index contributed by atoms with van der Waals surface area (Å²) in [6.45, 7) is 4.19. The second kappa shape index (κ2) is 10.4. The number of hydrogen-bond donors (Lipinski definition) is 1. The average Bonchev–Trinajstić information content (AvgIpc) is 3.23. The van der Waals surface area contributed by atoms with Crippen molar-refractivity contribution in [2.45, 2.75) is 31.7 Å². The molecule has 4 rings (SSSR count). The van der Waals surface area contributed by atoms with E-state index in [1.54, 1.807) is 11.8 Å². The zero-order valence-corrected chi connectivity index (χ0v) is 20.9. The smallest absolute Gasteiger partial charge is 0.338 e. The number of thioether (sulfide) groups is 1. The van der Waals surface area contributed by atoms with E-state index in [0.717, 1.165) is 16.9 Å². The number of fused-ring (bicyclic) bond motifs is 1. The van der Waals surface area contributed by atoms with E-state index < -0.39 is 12.0 Å². The van der Waals surface area contributed by atoms with Crippen molar-refractivity contribution in [1.82, 2.24) is 14.8 Å². The number of halogens is 1. The molecule has 0 saturated heterocycles. The summed E-state index contributed by atoms with van der Waals surface area (Å²) < 4.78 is 18.4. The van der Waals surface area contributed by atoms with Gasteiger partial charge in [-0.2, -0.15) is 4.98 Å². The van der Waals surface area contributed by atoms with Gasteiger partial charge in [-0.15, -0.1) is 5.10 Å². The van der Waals surface area contributed by atoms with Gasteiger partial charge in [0.15, 0.2) is 11.5 Å². The molecule has 1 aliphatic heterocycles. The second-order valence-corrected chi connectivity index (χ2v) is 9.15. The predicted molar refractivity (Wildman–Crippen MR) is 132 cm³/mol. The number of allylic oxidation sites excluding steroid dienone is 1. The van der Waals surface area contributed by atoms with Gasteiger partial charge in [-0.1, -0.05) is 48.5 Å². The first kappa shape index (κ1) is 24.0. The van der Waals surface area contributed by atoms with Gasteiger partial charge < -0.3 is 19.5 Å². The summed E-state index contributed by atoms with van der Waals surface area (Å²) in [6.07, 6.45) is 0. The fourth-order valence-corrected chi connectivity index (χ4v) is 4.53. The molecule has 8 nitrogen and oxygen atoms in total. The molecular formula is C24H25ClN4O4S. The molecule has 3 aromatic rings. The van der Waals surface area contributed by atoms with Crippen molar-refractivity contribution >= 4 is 35.3 Å². The lowest BCUT2D eigenvalue weighted by atomic mass is 9.95. The van der Waals surface area contributed by atoms with Crippen LogP contribution in [0.3, 0.4) is 0 Å². The number of hydrogen-bond acceptors (Lipinski definition) is 8. The minimum Gasteiger partial charge on any atom is -0.493 e. The second-order valence-electron chi connectivity index (χ2n) is 7.48. The van der Waals surface area contributed by atoms with Gasteiger partial charge in [-0.05, 0) is 48.1 Å². The van der Waals surface area contributed by atoms with Crippen molar-refractivity contribution < 1.29 is 19.0 Å². The Morgan fingerprint density at radius 1 is 1.21 bits per heavy atom. The van der Waals surface area contributed by atoms with Crippen LogP contribution in [-0.2, 0) is 16.1 Å². The summed E-state index contributed by atoms with van der Waals surface area (Å²) in [7, 11) is 2.94. The number of ether oxygens (including phenoxy) is 3. The standard InChI is InChI=1S/C24H25ClN4O4S/c1-5-34-24-27-23-26-14(2)20(22(30)32-4)21(29(23)28-24)16-9-10-18(19(12-16)31-3)33-13-15-7-6-8-17(25)11-15/h6-12,21H,5,13H2,1-4H3,(H,26,27,28). The van der Waals surface area contributed by atoms with Crippen LogP contribution in [0.25, 0.3) is 0 Å². The van der Waals surface area contributed by atoms with Crippen molar-refractivity contribution in [2.24, 2.45) is 0 Å². The zero-order valence-electron chi connectivity index (χ0n) is 19.3. The summed E-state index contributed by atoms with van der Waals surface area (Å²) in [5.74, 6) is 2.05. The van der Waals surface area contributed by atoms with Gasteiger partial charge in [0.05, 0.1) is 19.8 Å². The van der Waals surface area contributed by atoms with Gasteiger partial charge in [-0.25, -0.2) is 9.48 Å². The van der Waals surface area contributed by atoms with Crippen molar-refractivity contribution in [2.75, 3.05) is 25.3 Å². The van der Waals surface area contributed by atoms with E-state index >= 15 is 0 Å². The molecule has 1 aromatic heterocycles. The molecule has 1 atom stereocenters. The van der Waals surface area contributed by atoms with Crippen LogP contribution < -0.4 is 14.8 Å². The molecule has 1 aliphatic rings. The largest absolute Gasteiger partial charge is 0.493 e.